The Hall–Kier alpha value is -1.69. The highest BCUT2D eigenvalue weighted by Gasteiger charge is 2.13. The molecule has 0 saturated carbocycles. The van der Waals surface area contributed by atoms with Crippen molar-refractivity contribution in [1.29, 1.82) is 0 Å². The van der Waals surface area contributed by atoms with E-state index in [2.05, 4.69) is 5.32 Å². The first-order valence-corrected chi connectivity index (χ1v) is 7.27. The first-order chi connectivity index (χ1) is 8.93. The molecule has 1 rings (SSSR count). The summed E-state index contributed by atoms with van der Waals surface area (Å²) in [7, 11) is -1.53. The number of amides is 1. The standard InChI is InChI=1S/C13H17NO4S/c1-3-9(2)14-12(15)8-19(18)11-6-4-5-10(7-11)13(16)17/h4-7,9H,3,8H2,1-2H3,(H,14,15)(H,16,17). The summed E-state index contributed by atoms with van der Waals surface area (Å²) in [6, 6.07) is 5.86. The number of carbonyl (C=O) groups excluding carboxylic acids is 1. The van der Waals surface area contributed by atoms with E-state index in [4.69, 9.17) is 5.11 Å². The fourth-order valence-corrected chi connectivity index (χ4v) is 2.37. The quantitative estimate of drug-likeness (QED) is 0.826. The fraction of sp³-hybridized carbons (Fsp3) is 0.385. The first-order valence-electron chi connectivity index (χ1n) is 5.95. The van der Waals surface area contributed by atoms with E-state index in [-0.39, 0.29) is 23.3 Å². The van der Waals surface area contributed by atoms with Gasteiger partial charge in [-0.1, -0.05) is 13.0 Å². The summed E-state index contributed by atoms with van der Waals surface area (Å²) in [6.07, 6.45) is 0.798. The number of hydrogen-bond acceptors (Lipinski definition) is 3. The Morgan fingerprint density at radius 2 is 2.11 bits per heavy atom. The number of carbonyl (C=O) groups is 2. The van der Waals surface area contributed by atoms with Gasteiger partial charge in [-0.25, -0.2) is 4.79 Å². The average Bonchev–Trinajstić information content (AvgIpc) is 2.38. The predicted octanol–water partition coefficient (Wildman–Crippen LogP) is 1.41. The van der Waals surface area contributed by atoms with Crippen LogP contribution in [-0.4, -0.2) is 33.0 Å². The van der Waals surface area contributed by atoms with Gasteiger partial charge in [-0.3, -0.25) is 9.00 Å². The summed E-state index contributed by atoms with van der Waals surface area (Å²) in [6.45, 7) is 3.81. The second-order valence-corrected chi connectivity index (χ2v) is 5.65. The largest absolute Gasteiger partial charge is 0.478 e. The number of nitrogens with one attached hydrogen (secondary N) is 1. The van der Waals surface area contributed by atoms with Crippen LogP contribution in [0.3, 0.4) is 0 Å². The van der Waals surface area contributed by atoms with Gasteiger partial charge in [0, 0.05) is 10.9 Å². The Labute approximate surface area is 114 Å². The van der Waals surface area contributed by atoms with Crippen LogP contribution in [0.25, 0.3) is 0 Å². The molecule has 0 aliphatic carbocycles. The van der Waals surface area contributed by atoms with Crippen LogP contribution in [-0.2, 0) is 15.6 Å². The van der Waals surface area contributed by atoms with E-state index in [9.17, 15) is 13.8 Å². The second-order valence-electron chi connectivity index (χ2n) is 4.20. The fourth-order valence-electron chi connectivity index (χ4n) is 1.39. The molecule has 1 amide bonds. The van der Waals surface area contributed by atoms with E-state index >= 15 is 0 Å². The lowest BCUT2D eigenvalue weighted by atomic mass is 10.2. The molecule has 0 fully saturated rings. The van der Waals surface area contributed by atoms with Crippen molar-refractivity contribution in [2.24, 2.45) is 0 Å². The molecule has 104 valence electrons. The summed E-state index contributed by atoms with van der Waals surface area (Å²) in [5, 5.41) is 11.6. The lowest BCUT2D eigenvalue weighted by Gasteiger charge is -2.11. The van der Waals surface area contributed by atoms with Crippen molar-refractivity contribution in [1.82, 2.24) is 5.32 Å². The molecule has 2 N–H and O–H groups in total. The Morgan fingerprint density at radius 3 is 2.68 bits per heavy atom. The topological polar surface area (TPSA) is 83.5 Å². The van der Waals surface area contributed by atoms with Crippen LogP contribution in [0.2, 0.25) is 0 Å². The molecular formula is C13H17NO4S. The van der Waals surface area contributed by atoms with Crippen LogP contribution in [0.15, 0.2) is 29.2 Å². The van der Waals surface area contributed by atoms with Crippen LogP contribution in [0.1, 0.15) is 30.6 Å². The smallest absolute Gasteiger partial charge is 0.335 e. The van der Waals surface area contributed by atoms with Crippen molar-refractivity contribution < 1.29 is 18.9 Å². The van der Waals surface area contributed by atoms with Gasteiger partial charge >= 0.3 is 5.97 Å². The minimum Gasteiger partial charge on any atom is -0.478 e. The molecule has 2 atom stereocenters. The molecule has 0 aromatic heterocycles. The van der Waals surface area contributed by atoms with Crippen molar-refractivity contribution in [2.75, 3.05) is 5.75 Å². The van der Waals surface area contributed by atoms with Crippen LogP contribution < -0.4 is 5.32 Å². The number of rotatable bonds is 6. The van der Waals surface area contributed by atoms with Gasteiger partial charge < -0.3 is 10.4 Å². The van der Waals surface area contributed by atoms with Crippen molar-refractivity contribution >= 4 is 22.7 Å². The highest BCUT2D eigenvalue weighted by molar-refractivity contribution is 7.85. The molecule has 1 aromatic rings. The molecule has 0 heterocycles. The van der Waals surface area contributed by atoms with Gasteiger partial charge in [0.2, 0.25) is 5.91 Å². The summed E-state index contributed by atoms with van der Waals surface area (Å²) >= 11 is 0. The van der Waals surface area contributed by atoms with Crippen LogP contribution in [0.5, 0.6) is 0 Å². The molecule has 0 radical (unpaired) electrons. The zero-order valence-corrected chi connectivity index (χ0v) is 11.7. The number of aromatic carboxylic acids is 1. The summed E-state index contributed by atoms with van der Waals surface area (Å²) in [4.78, 5) is 22.7. The van der Waals surface area contributed by atoms with E-state index in [1.807, 2.05) is 13.8 Å². The Kier molecular flexibility index (Phi) is 5.69. The Morgan fingerprint density at radius 1 is 1.42 bits per heavy atom. The molecule has 0 aliphatic rings. The molecular weight excluding hydrogens is 266 g/mol. The number of carboxylic acid groups (broad SMARTS) is 1. The normalized spacial score (nSPS) is 13.6. The number of hydrogen-bond donors (Lipinski definition) is 2. The minimum absolute atomic E-state index is 0.0369. The zero-order valence-electron chi connectivity index (χ0n) is 10.9. The maximum absolute atomic E-state index is 12.0. The van der Waals surface area contributed by atoms with E-state index in [1.165, 1.54) is 18.2 Å². The van der Waals surface area contributed by atoms with Gasteiger partial charge in [-0.05, 0) is 31.5 Å². The summed E-state index contributed by atoms with van der Waals surface area (Å²) in [5.41, 5.74) is 0.0631. The van der Waals surface area contributed by atoms with Crippen molar-refractivity contribution in [3.05, 3.63) is 29.8 Å². The maximum atomic E-state index is 12.0. The van der Waals surface area contributed by atoms with E-state index in [0.29, 0.717) is 4.90 Å². The summed E-state index contributed by atoms with van der Waals surface area (Å²) < 4.78 is 12.0. The molecule has 5 nitrogen and oxygen atoms in total. The molecule has 1 aromatic carbocycles. The van der Waals surface area contributed by atoms with Crippen LogP contribution in [0, 0.1) is 0 Å². The third kappa shape index (κ3) is 4.82. The van der Waals surface area contributed by atoms with E-state index in [1.54, 1.807) is 6.07 Å². The van der Waals surface area contributed by atoms with Crippen molar-refractivity contribution in [3.8, 4) is 0 Å². The highest BCUT2D eigenvalue weighted by Crippen LogP contribution is 2.10. The van der Waals surface area contributed by atoms with Gasteiger partial charge in [-0.15, -0.1) is 0 Å². The minimum atomic E-state index is -1.53. The number of carboxylic acids is 1. The molecule has 2 unspecified atom stereocenters. The van der Waals surface area contributed by atoms with Crippen LogP contribution >= 0.6 is 0 Å². The molecule has 0 saturated heterocycles. The average molecular weight is 283 g/mol. The monoisotopic (exact) mass is 283 g/mol. The molecule has 6 heteroatoms. The van der Waals surface area contributed by atoms with Gasteiger partial charge in [0.1, 0.15) is 5.75 Å². The Bertz CT molecular complexity index is 501. The van der Waals surface area contributed by atoms with Crippen LogP contribution in [0.4, 0.5) is 0 Å². The zero-order chi connectivity index (χ0) is 14.4. The lowest BCUT2D eigenvalue weighted by molar-refractivity contribution is -0.119. The maximum Gasteiger partial charge on any atom is 0.335 e. The van der Waals surface area contributed by atoms with Gasteiger partial charge in [0.15, 0.2) is 0 Å². The van der Waals surface area contributed by atoms with E-state index < -0.39 is 16.8 Å². The molecule has 0 bridgehead atoms. The number of benzene rings is 1. The second kappa shape index (κ2) is 7.04. The molecule has 0 spiro atoms. The van der Waals surface area contributed by atoms with Crippen molar-refractivity contribution in [2.45, 2.75) is 31.2 Å². The predicted molar refractivity (Wildman–Crippen MR) is 72.6 cm³/mol. The highest BCUT2D eigenvalue weighted by atomic mass is 32.2. The van der Waals surface area contributed by atoms with Gasteiger partial charge in [0.25, 0.3) is 0 Å². The van der Waals surface area contributed by atoms with E-state index in [0.717, 1.165) is 6.42 Å². The summed E-state index contributed by atoms with van der Waals surface area (Å²) in [5.74, 6) is -1.54. The first kappa shape index (κ1) is 15.4. The lowest BCUT2D eigenvalue weighted by Crippen LogP contribution is -2.35. The Balaban J connectivity index is 2.70. The third-order valence-electron chi connectivity index (χ3n) is 2.63. The SMILES string of the molecule is CCC(C)NC(=O)CS(=O)c1cccc(C(=O)O)c1. The van der Waals surface area contributed by atoms with Crippen molar-refractivity contribution in [3.63, 3.8) is 0 Å². The molecule has 19 heavy (non-hydrogen) atoms. The van der Waals surface area contributed by atoms with Gasteiger partial charge in [0.05, 0.1) is 16.4 Å². The third-order valence-corrected chi connectivity index (χ3v) is 3.93. The van der Waals surface area contributed by atoms with Gasteiger partial charge in [-0.2, -0.15) is 0 Å². The molecule has 0 aliphatic heterocycles.